The summed E-state index contributed by atoms with van der Waals surface area (Å²) in [6.07, 6.45) is 1.83. The van der Waals surface area contributed by atoms with Gasteiger partial charge in [0.2, 0.25) is 10.0 Å². The SMILES string of the molecule is CC(C)(C)CCCNS(=O)(=O)Cc1ccccc1Cl. The van der Waals surface area contributed by atoms with Crippen LogP contribution in [0.4, 0.5) is 0 Å². The van der Waals surface area contributed by atoms with Gasteiger partial charge in [-0.1, -0.05) is 50.6 Å². The topological polar surface area (TPSA) is 46.2 Å². The summed E-state index contributed by atoms with van der Waals surface area (Å²) >= 11 is 5.96. The van der Waals surface area contributed by atoms with Crippen molar-refractivity contribution >= 4 is 21.6 Å². The van der Waals surface area contributed by atoms with E-state index in [0.717, 1.165) is 12.8 Å². The summed E-state index contributed by atoms with van der Waals surface area (Å²) in [5.41, 5.74) is 0.862. The van der Waals surface area contributed by atoms with E-state index in [1.807, 2.05) is 0 Å². The highest BCUT2D eigenvalue weighted by atomic mass is 35.5. The maximum Gasteiger partial charge on any atom is 0.215 e. The van der Waals surface area contributed by atoms with E-state index in [-0.39, 0.29) is 11.2 Å². The summed E-state index contributed by atoms with van der Waals surface area (Å²) < 4.78 is 26.4. The van der Waals surface area contributed by atoms with Gasteiger partial charge in [-0.05, 0) is 29.9 Å². The number of hydrogen-bond donors (Lipinski definition) is 1. The molecule has 0 aliphatic carbocycles. The Morgan fingerprint density at radius 3 is 2.42 bits per heavy atom. The zero-order valence-corrected chi connectivity index (χ0v) is 13.3. The number of rotatable bonds is 6. The summed E-state index contributed by atoms with van der Waals surface area (Å²) in [5, 5.41) is 0.488. The van der Waals surface area contributed by atoms with Crippen LogP contribution in [0.15, 0.2) is 24.3 Å². The largest absolute Gasteiger partial charge is 0.215 e. The lowest BCUT2D eigenvalue weighted by atomic mass is 9.91. The summed E-state index contributed by atoms with van der Waals surface area (Å²) in [7, 11) is -3.31. The molecule has 0 fully saturated rings. The van der Waals surface area contributed by atoms with Crippen molar-refractivity contribution in [1.82, 2.24) is 4.72 Å². The van der Waals surface area contributed by atoms with Crippen LogP contribution in [0.3, 0.4) is 0 Å². The van der Waals surface area contributed by atoms with E-state index < -0.39 is 10.0 Å². The van der Waals surface area contributed by atoms with Gasteiger partial charge in [-0.25, -0.2) is 13.1 Å². The fraction of sp³-hybridized carbons (Fsp3) is 0.571. The van der Waals surface area contributed by atoms with E-state index in [2.05, 4.69) is 25.5 Å². The fourth-order valence-corrected chi connectivity index (χ4v) is 3.22. The highest BCUT2D eigenvalue weighted by molar-refractivity contribution is 7.88. The Hall–Kier alpha value is -0.580. The minimum atomic E-state index is -3.31. The van der Waals surface area contributed by atoms with Crippen molar-refractivity contribution in [2.24, 2.45) is 5.41 Å². The first-order chi connectivity index (χ1) is 8.70. The first kappa shape index (κ1) is 16.5. The maximum atomic E-state index is 11.9. The van der Waals surface area contributed by atoms with Crippen LogP contribution >= 0.6 is 11.6 Å². The molecule has 0 heterocycles. The van der Waals surface area contributed by atoms with Crippen LogP contribution in [0.1, 0.15) is 39.2 Å². The van der Waals surface area contributed by atoms with Gasteiger partial charge in [0.15, 0.2) is 0 Å². The summed E-state index contributed by atoms with van der Waals surface area (Å²) in [6, 6.07) is 7.01. The third-order valence-corrected chi connectivity index (χ3v) is 4.43. The fourth-order valence-electron chi connectivity index (χ4n) is 1.72. The molecular weight excluding hydrogens is 282 g/mol. The predicted octanol–water partition coefficient (Wildman–Crippen LogP) is 3.59. The Bertz CT molecular complexity index is 506. The van der Waals surface area contributed by atoms with Gasteiger partial charge in [0.25, 0.3) is 0 Å². The molecule has 0 saturated heterocycles. The van der Waals surface area contributed by atoms with Gasteiger partial charge in [-0.3, -0.25) is 0 Å². The third-order valence-electron chi connectivity index (χ3n) is 2.73. The normalized spacial score (nSPS) is 12.6. The first-order valence-corrected chi connectivity index (χ1v) is 8.43. The summed E-state index contributed by atoms with van der Waals surface area (Å²) in [6.45, 7) is 6.91. The molecule has 0 aliphatic rings. The lowest BCUT2D eigenvalue weighted by Crippen LogP contribution is -2.27. The molecule has 1 N–H and O–H groups in total. The average Bonchev–Trinajstić information content (AvgIpc) is 2.26. The van der Waals surface area contributed by atoms with E-state index >= 15 is 0 Å². The second-order valence-electron chi connectivity index (χ2n) is 5.91. The first-order valence-electron chi connectivity index (χ1n) is 6.40. The van der Waals surface area contributed by atoms with Gasteiger partial charge in [0, 0.05) is 11.6 Å². The van der Waals surface area contributed by atoms with E-state index in [0.29, 0.717) is 17.1 Å². The summed E-state index contributed by atoms with van der Waals surface area (Å²) in [5.74, 6) is -0.0673. The van der Waals surface area contributed by atoms with Crippen LogP contribution in [0, 0.1) is 5.41 Å². The molecule has 0 atom stereocenters. The molecule has 5 heteroatoms. The monoisotopic (exact) mass is 303 g/mol. The number of sulfonamides is 1. The molecule has 1 aromatic carbocycles. The van der Waals surface area contributed by atoms with Gasteiger partial charge in [-0.2, -0.15) is 0 Å². The molecule has 0 spiro atoms. The predicted molar refractivity (Wildman–Crippen MR) is 80.8 cm³/mol. The minimum absolute atomic E-state index is 0.0673. The molecule has 1 rings (SSSR count). The molecule has 0 saturated carbocycles. The number of halogens is 1. The molecule has 3 nitrogen and oxygen atoms in total. The highest BCUT2D eigenvalue weighted by Gasteiger charge is 2.14. The quantitative estimate of drug-likeness (QED) is 0.816. The van der Waals surface area contributed by atoms with Gasteiger partial charge in [-0.15, -0.1) is 0 Å². The van der Waals surface area contributed by atoms with Crippen molar-refractivity contribution in [1.29, 1.82) is 0 Å². The molecule has 0 unspecified atom stereocenters. The molecule has 1 aromatic rings. The molecule has 0 amide bonds. The lowest BCUT2D eigenvalue weighted by molar-refractivity contribution is 0.365. The zero-order chi connectivity index (χ0) is 14.5. The van der Waals surface area contributed by atoms with E-state index in [4.69, 9.17) is 11.6 Å². The van der Waals surface area contributed by atoms with Crippen molar-refractivity contribution in [2.45, 2.75) is 39.4 Å². The Morgan fingerprint density at radius 2 is 1.84 bits per heavy atom. The van der Waals surface area contributed by atoms with E-state index in [9.17, 15) is 8.42 Å². The number of nitrogens with one attached hydrogen (secondary N) is 1. The van der Waals surface area contributed by atoms with Gasteiger partial charge < -0.3 is 0 Å². The average molecular weight is 304 g/mol. The van der Waals surface area contributed by atoms with Crippen molar-refractivity contribution in [3.63, 3.8) is 0 Å². The number of hydrogen-bond acceptors (Lipinski definition) is 2. The molecular formula is C14H22ClNO2S. The Labute approximate surface area is 121 Å². The molecule has 108 valence electrons. The van der Waals surface area contributed by atoms with Crippen molar-refractivity contribution < 1.29 is 8.42 Å². The molecule has 0 aromatic heterocycles. The Balaban J connectivity index is 2.47. The van der Waals surface area contributed by atoms with E-state index in [1.54, 1.807) is 24.3 Å². The van der Waals surface area contributed by atoms with Crippen LogP contribution in [0.5, 0.6) is 0 Å². The zero-order valence-electron chi connectivity index (χ0n) is 11.7. The molecule has 0 radical (unpaired) electrons. The van der Waals surface area contributed by atoms with Gasteiger partial charge >= 0.3 is 0 Å². The number of benzene rings is 1. The third kappa shape index (κ3) is 6.95. The Morgan fingerprint density at radius 1 is 1.21 bits per heavy atom. The van der Waals surface area contributed by atoms with Crippen LogP contribution in [0.2, 0.25) is 5.02 Å². The standard InChI is InChI=1S/C14H22ClNO2S/c1-14(2,3)9-6-10-16-19(17,18)11-12-7-4-5-8-13(12)15/h4-5,7-8,16H,6,9-11H2,1-3H3. The summed E-state index contributed by atoms with van der Waals surface area (Å²) in [4.78, 5) is 0. The van der Waals surface area contributed by atoms with Crippen molar-refractivity contribution in [3.8, 4) is 0 Å². The van der Waals surface area contributed by atoms with Crippen LogP contribution in [-0.4, -0.2) is 15.0 Å². The maximum absolute atomic E-state index is 11.9. The second-order valence-corrected chi connectivity index (χ2v) is 8.12. The molecule has 0 aliphatic heterocycles. The molecule has 0 bridgehead atoms. The van der Waals surface area contributed by atoms with Crippen LogP contribution in [-0.2, 0) is 15.8 Å². The minimum Gasteiger partial charge on any atom is -0.215 e. The van der Waals surface area contributed by atoms with E-state index in [1.165, 1.54) is 0 Å². The highest BCUT2D eigenvalue weighted by Crippen LogP contribution is 2.20. The van der Waals surface area contributed by atoms with Crippen LogP contribution in [0.25, 0.3) is 0 Å². The van der Waals surface area contributed by atoms with Crippen molar-refractivity contribution in [2.75, 3.05) is 6.54 Å². The van der Waals surface area contributed by atoms with Gasteiger partial charge in [0.1, 0.15) is 0 Å². The van der Waals surface area contributed by atoms with Crippen LogP contribution < -0.4 is 4.72 Å². The second kappa shape index (κ2) is 6.73. The van der Waals surface area contributed by atoms with Crippen molar-refractivity contribution in [3.05, 3.63) is 34.9 Å². The smallest absolute Gasteiger partial charge is 0.215 e. The molecule has 19 heavy (non-hydrogen) atoms. The van der Waals surface area contributed by atoms with Gasteiger partial charge in [0.05, 0.1) is 5.75 Å². The lowest BCUT2D eigenvalue weighted by Gasteiger charge is -2.17. The Kier molecular flexibility index (Phi) is 5.83.